The van der Waals surface area contributed by atoms with Crippen molar-refractivity contribution in [3.05, 3.63) is 54.6 Å². The molecule has 0 aromatic heterocycles. The van der Waals surface area contributed by atoms with E-state index in [0.717, 1.165) is 17.5 Å². The average molecular weight is 357 g/mol. The second kappa shape index (κ2) is 10.9. The summed E-state index contributed by atoms with van der Waals surface area (Å²) < 4.78 is 0. The Balaban J connectivity index is 1.63. The van der Waals surface area contributed by atoms with Crippen molar-refractivity contribution < 1.29 is 19.6 Å². The number of carbonyl (C=O) groups excluding carboxylic acids is 2. The lowest BCUT2D eigenvalue weighted by Crippen LogP contribution is -2.29. The molecule has 3 amide bonds. The topological polar surface area (TPSA) is 99.7 Å². The Kier molecular flexibility index (Phi) is 8.11. The lowest BCUT2D eigenvalue weighted by molar-refractivity contribution is -0.129. The maximum atomic E-state index is 11.8. The molecule has 0 saturated heterocycles. The number of urea groups is 1. The van der Waals surface area contributed by atoms with Crippen LogP contribution in [0.15, 0.2) is 54.6 Å². The molecule has 2 aromatic carbocycles. The van der Waals surface area contributed by atoms with Crippen molar-refractivity contribution in [3.63, 3.8) is 0 Å². The molecule has 0 aliphatic carbocycles. The molecule has 0 fully saturated rings. The zero-order valence-corrected chi connectivity index (χ0v) is 14.4. The second-order valence-corrected chi connectivity index (χ2v) is 5.69. The number of amides is 3. The Morgan fingerprint density at radius 1 is 0.885 bits per heavy atom. The van der Waals surface area contributed by atoms with Crippen molar-refractivity contribution >= 4 is 17.6 Å². The van der Waals surface area contributed by atoms with Gasteiger partial charge < -0.3 is 5.32 Å². The van der Waals surface area contributed by atoms with Crippen LogP contribution in [0.5, 0.6) is 0 Å². The molecule has 7 nitrogen and oxygen atoms in total. The fraction of sp³-hybridized carbons (Fsp3) is 0.263. The van der Waals surface area contributed by atoms with E-state index in [1.54, 1.807) is 5.48 Å². The zero-order chi connectivity index (χ0) is 18.6. The van der Waals surface area contributed by atoms with Gasteiger partial charge in [-0.2, -0.15) is 0 Å². The quantitative estimate of drug-likeness (QED) is 0.314. The van der Waals surface area contributed by atoms with Gasteiger partial charge in [0, 0.05) is 12.1 Å². The van der Waals surface area contributed by atoms with Crippen molar-refractivity contribution in [2.24, 2.45) is 0 Å². The normalized spacial score (nSPS) is 10.2. The summed E-state index contributed by atoms with van der Waals surface area (Å²) in [5, 5.41) is 11.0. The number of nitrogens with one attached hydrogen (secondary N) is 3. The minimum absolute atomic E-state index is 0.267. The average Bonchev–Trinajstić information content (AvgIpc) is 2.68. The first-order valence-corrected chi connectivity index (χ1v) is 8.46. The summed E-state index contributed by atoms with van der Waals surface area (Å²) in [4.78, 5) is 27.6. The Labute approximate surface area is 152 Å². The number of rotatable bonds is 9. The number of anilines is 1. The molecule has 4 N–H and O–H groups in total. The van der Waals surface area contributed by atoms with Crippen LogP contribution in [-0.2, 0) is 9.63 Å². The fourth-order valence-corrected chi connectivity index (χ4v) is 2.34. The highest BCUT2D eigenvalue weighted by atomic mass is 16.7. The highest BCUT2D eigenvalue weighted by molar-refractivity contribution is 5.88. The molecule has 2 rings (SSSR count). The number of hydrogen-bond acceptors (Lipinski definition) is 4. The van der Waals surface area contributed by atoms with E-state index in [0.29, 0.717) is 25.1 Å². The fourth-order valence-electron chi connectivity index (χ4n) is 2.34. The van der Waals surface area contributed by atoms with Gasteiger partial charge in [-0.25, -0.2) is 15.8 Å². The maximum Gasteiger partial charge on any atom is 0.343 e. The molecule has 0 bridgehead atoms. The molecule has 2 aromatic rings. The van der Waals surface area contributed by atoms with E-state index in [1.807, 2.05) is 54.6 Å². The highest BCUT2D eigenvalue weighted by Crippen LogP contribution is 2.20. The molecule has 0 unspecified atom stereocenters. The molecule has 7 heteroatoms. The smallest absolute Gasteiger partial charge is 0.306 e. The van der Waals surface area contributed by atoms with Crippen molar-refractivity contribution in [1.29, 1.82) is 0 Å². The minimum atomic E-state index is -0.447. The van der Waals surface area contributed by atoms with E-state index < -0.39 is 11.9 Å². The van der Waals surface area contributed by atoms with Gasteiger partial charge in [0.1, 0.15) is 0 Å². The molecule has 26 heavy (non-hydrogen) atoms. The number of benzene rings is 2. The number of carbonyl (C=O) groups is 2. The van der Waals surface area contributed by atoms with Crippen LogP contribution in [0, 0.1) is 0 Å². The SMILES string of the molecule is O=C(CCCCCONC(=O)Nc1ccc(-c2ccccc2)cc1)NO. The molecule has 0 aliphatic rings. The van der Waals surface area contributed by atoms with Crippen LogP contribution in [0.25, 0.3) is 11.1 Å². The summed E-state index contributed by atoms with van der Waals surface area (Å²) in [5.74, 6) is -0.401. The van der Waals surface area contributed by atoms with Crippen LogP contribution < -0.4 is 16.3 Å². The summed E-state index contributed by atoms with van der Waals surface area (Å²) in [6.45, 7) is 0.348. The zero-order valence-electron chi connectivity index (χ0n) is 14.4. The largest absolute Gasteiger partial charge is 0.343 e. The Hall–Kier alpha value is -2.90. The van der Waals surface area contributed by atoms with E-state index in [2.05, 4.69) is 10.8 Å². The second-order valence-electron chi connectivity index (χ2n) is 5.69. The molecule has 0 atom stereocenters. The first-order valence-electron chi connectivity index (χ1n) is 8.46. The summed E-state index contributed by atoms with van der Waals surface area (Å²) in [6, 6.07) is 17.1. The van der Waals surface area contributed by atoms with Gasteiger partial charge in [0.2, 0.25) is 5.91 Å². The standard InChI is InChI=1S/C19H23N3O4/c23-18(21-25)9-5-2-6-14-26-22-19(24)20-17-12-10-16(11-13-17)15-7-3-1-4-8-15/h1,3-4,7-8,10-13,25H,2,5-6,9,14H2,(H,21,23)(H2,20,22,24). The summed E-state index contributed by atoms with van der Waals surface area (Å²) in [7, 11) is 0. The molecule has 138 valence electrons. The van der Waals surface area contributed by atoms with Gasteiger partial charge in [-0.15, -0.1) is 0 Å². The van der Waals surface area contributed by atoms with Crippen molar-refractivity contribution in [2.75, 3.05) is 11.9 Å². The van der Waals surface area contributed by atoms with Crippen LogP contribution in [0.3, 0.4) is 0 Å². The van der Waals surface area contributed by atoms with E-state index in [9.17, 15) is 9.59 Å². The van der Waals surface area contributed by atoms with Gasteiger partial charge in [-0.05, 0) is 36.1 Å². The molecule has 0 aliphatic heterocycles. The van der Waals surface area contributed by atoms with Gasteiger partial charge in [0.25, 0.3) is 0 Å². The molecule has 0 heterocycles. The number of unbranched alkanes of at least 4 members (excludes halogenated alkanes) is 2. The van der Waals surface area contributed by atoms with Gasteiger partial charge in [0.15, 0.2) is 0 Å². The van der Waals surface area contributed by atoms with Crippen molar-refractivity contribution in [2.45, 2.75) is 25.7 Å². The third-order valence-electron chi connectivity index (χ3n) is 3.69. The van der Waals surface area contributed by atoms with Crippen molar-refractivity contribution in [1.82, 2.24) is 11.0 Å². The van der Waals surface area contributed by atoms with Gasteiger partial charge >= 0.3 is 6.03 Å². The number of hydroxylamine groups is 2. The monoisotopic (exact) mass is 357 g/mol. The Morgan fingerprint density at radius 2 is 1.58 bits per heavy atom. The van der Waals surface area contributed by atoms with E-state index in [1.165, 1.54) is 0 Å². The molecular formula is C19H23N3O4. The Morgan fingerprint density at radius 3 is 2.27 bits per heavy atom. The molecule has 0 radical (unpaired) electrons. The third kappa shape index (κ3) is 6.92. The van der Waals surface area contributed by atoms with Gasteiger partial charge in [-0.3, -0.25) is 14.8 Å². The third-order valence-corrected chi connectivity index (χ3v) is 3.69. The molecule has 0 spiro atoms. The highest BCUT2D eigenvalue weighted by Gasteiger charge is 2.03. The molecular weight excluding hydrogens is 334 g/mol. The minimum Gasteiger partial charge on any atom is -0.306 e. The summed E-state index contributed by atoms with van der Waals surface area (Å²) in [6.07, 6.45) is 2.38. The van der Waals surface area contributed by atoms with Crippen LogP contribution in [0.1, 0.15) is 25.7 Å². The van der Waals surface area contributed by atoms with E-state index in [-0.39, 0.29) is 6.42 Å². The Bertz CT molecular complexity index is 690. The van der Waals surface area contributed by atoms with Gasteiger partial charge in [-0.1, -0.05) is 48.9 Å². The predicted octanol–water partition coefficient (Wildman–Crippen LogP) is 3.47. The lowest BCUT2D eigenvalue weighted by atomic mass is 10.1. The number of hydrogen-bond donors (Lipinski definition) is 4. The van der Waals surface area contributed by atoms with Crippen LogP contribution in [0.2, 0.25) is 0 Å². The summed E-state index contributed by atoms with van der Waals surface area (Å²) in [5.41, 5.74) is 6.75. The summed E-state index contributed by atoms with van der Waals surface area (Å²) >= 11 is 0. The van der Waals surface area contributed by atoms with Gasteiger partial charge in [0.05, 0.1) is 6.61 Å². The van der Waals surface area contributed by atoms with Crippen LogP contribution in [0.4, 0.5) is 10.5 Å². The first kappa shape index (κ1) is 19.4. The molecule has 0 saturated carbocycles. The van der Waals surface area contributed by atoms with Crippen LogP contribution in [-0.4, -0.2) is 23.8 Å². The van der Waals surface area contributed by atoms with Crippen molar-refractivity contribution in [3.8, 4) is 11.1 Å². The van der Waals surface area contributed by atoms with E-state index in [4.69, 9.17) is 10.0 Å². The lowest BCUT2D eigenvalue weighted by Gasteiger charge is -2.09. The first-order chi connectivity index (χ1) is 12.7. The predicted molar refractivity (Wildman–Crippen MR) is 98.4 cm³/mol. The van der Waals surface area contributed by atoms with E-state index >= 15 is 0 Å². The maximum absolute atomic E-state index is 11.8. The van der Waals surface area contributed by atoms with Crippen LogP contribution >= 0.6 is 0 Å².